The summed E-state index contributed by atoms with van der Waals surface area (Å²) in [4.78, 5) is 15.1. The molecule has 210 valence electrons. The number of nitriles is 1. The van der Waals surface area contributed by atoms with Gasteiger partial charge in [0, 0.05) is 41.0 Å². The highest BCUT2D eigenvalue weighted by molar-refractivity contribution is 7.18. The molecule has 0 saturated carbocycles. The fourth-order valence-corrected chi connectivity index (χ4v) is 6.91. The summed E-state index contributed by atoms with van der Waals surface area (Å²) in [5.74, 6) is 0.589. The molecule has 6 rings (SSSR count). The van der Waals surface area contributed by atoms with Gasteiger partial charge in [-0.15, -0.1) is 11.3 Å². The van der Waals surface area contributed by atoms with Crippen molar-refractivity contribution in [1.29, 1.82) is 5.26 Å². The first-order chi connectivity index (χ1) is 19.7. The number of halogens is 3. The molecule has 0 spiro atoms. The Morgan fingerprint density at radius 3 is 2.59 bits per heavy atom. The van der Waals surface area contributed by atoms with Crippen molar-refractivity contribution in [3.05, 3.63) is 88.2 Å². The van der Waals surface area contributed by atoms with Gasteiger partial charge >= 0.3 is 6.18 Å². The maximum Gasteiger partial charge on any atom is 0.393 e. The maximum absolute atomic E-state index is 13.1. The van der Waals surface area contributed by atoms with Crippen LogP contribution in [0.15, 0.2) is 60.9 Å². The van der Waals surface area contributed by atoms with Gasteiger partial charge in [-0.05, 0) is 61.1 Å². The molecule has 2 N–H and O–H groups in total. The molecular formula is C31H29F3N6S. The number of aromatic amines is 1. The van der Waals surface area contributed by atoms with E-state index in [2.05, 4.69) is 56.4 Å². The van der Waals surface area contributed by atoms with E-state index in [9.17, 15) is 18.4 Å². The van der Waals surface area contributed by atoms with Gasteiger partial charge in [-0.3, -0.25) is 4.90 Å². The van der Waals surface area contributed by atoms with Gasteiger partial charge in [0.15, 0.2) is 0 Å². The van der Waals surface area contributed by atoms with E-state index < -0.39 is 12.6 Å². The number of aromatic nitrogens is 3. The number of benzene rings is 2. The molecule has 1 fully saturated rings. The molecule has 0 bridgehead atoms. The first-order valence-corrected chi connectivity index (χ1v) is 14.4. The van der Waals surface area contributed by atoms with Crippen LogP contribution in [0.25, 0.3) is 21.1 Å². The summed E-state index contributed by atoms with van der Waals surface area (Å²) in [6.45, 7) is 4.61. The summed E-state index contributed by atoms with van der Waals surface area (Å²) in [6.07, 6.45) is -1.35. The van der Waals surface area contributed by atoms with Gasteiger partial charge in [0.2, 0.25) is 0 Å². The second-order valence-corrected chi connectivity index (χ2v) is 12.0. The first kappa shape index (κ1) is 27.2. The van der Waals surface area contributed by atoms with E-state index in [0.717, 1.165) is 61.1 Å². The highest BCUT2D eigenvalue weighted by Crippen LogP contribution is 2.37. The Kier molecular flexibility index (Phi) is 7.18. The molecule has 1 aliphatic rings. The van der Waals surface area contributed by atoms with Crippen LogP contribution in [0.1, 0.15) is 40.1 Å². The number of anilines is 1. The van der Waals surface area contributed by atoms with Gasteiger partial charge < -0.3 is 10.3 Å². The second-order valence-electron chi connectivity index (χ2n) is 10.9. The molecule has 0 amide bonds. The lowest BCUT2D eigenvalue weighted by molar-refractivity contribution is -0.126. The Balaban J connectivity index is 1.24. The van der Waals surface area contributed by atoms with Crippen LogP contribution in [0.3, 0.4) is 0 Å². The zero-order valence-corrected chi connectivity index (χ0v) is 23.4. The van der Waals surface area contributed by atoms with Gasteiger partial charge in [-0.2, -0.15) is 18.4 Å². The summed E-state index contributed by atoms with van der Waals surface area (Å²) in [7, 11) is 0. The number of piperidine rings is 1. The number of nitrogens with zero attached hydrogens (tertiary/aromatic N) is 4. The molecule has 3 aromatic heterocycles. The molecule has 41 heavy (non-hydrogen) atoms. The Morgan fingerprint density at radius 2 is 1.85 bits per heavy atom. The molecule has 4 heterocycles. The van der Waals surface area contributed by atoms with Crippen molar-refractivity contribution in [3.8, 4) is 6.07 Å². The smallest absolute Gasteiger partial charge is 0.364 e. The summed E-state index contributed by atoms with van der Waals surface area (Å²) in [5.41, 5.74) is 4.82. The quantitative estimate of drug-likeness (QED) is 0.216. The number of rotatable bonds is 7. The largest absolute Gasteiger partial charge is 0.393 e. The van der Waals surface area contributed by atoms with Crippen LogP contribution in [-0.2, 0) is 19.4 Å². The van der Waals surface area contributed by atoms with Gasteiger partial charge in [0.1, 0.15) is 28.7 Å². The van der Waals surface area contributed by atoms with Crippen molar-refractivity contribution < 1.29 is 13.2 Å². The minimum atomic E-state index is -4.27. The number of fused-ring (bicyclic) bond motifs is 2. The average Bonchev–Trinajstić information content (AvgIpc) is 3.56. The van der Waals surface area contributed by atoms with Gasteiger partial charge in [0.25, 0.3) is 0 Å². The molecule has 0 unspecified atom stereocenters. The first-order valence-electron chi connectivity index (χ1n) is 13.6. The van der Waals surface area contributed by atoms with Gasteiger partial charge in [-0.1, -0.05) is 36.4 Å². The predicted molar refractivity (Wildman–Crippen MR) is 156 cm³/mol. The van der Waals surface area contributed by atoms with Crippen molar-refractivity contribution in [2.75, 3.05) is 18.4 Å². The molecule has 0 atom stereocenters. The van der Waals surface area contributed by atoms with Crippen LogP contribution in [-0.4, -0.2) is 44.7 Å². The van der Waals surface area contributed by atoms with Crippen molar-refractivity contribution in [3.63, 3.8) is 0 Å². The molecule has 1 aliphatic heterocycles. The van der Waals surface area contributed by atoms with Crippen molar-refractivity contribution >= 4 is 38.3 Å². The lowest BCUT2D eigenvalue weighted by Crippen LogP contribution is -2.50. The van der Waals surface area contributed by atoms with Gasteiger partial charge in [-0.25, -0.2) is 9.97 Å². The zero-order chi connectivity index (χ0) is 28.6. The number of hydrogen-bond donors (Lipinski definition) is 2. The van der Waals surface area contributed by atoms with Gasteiger partial charge in [0.05, 0.1) is 11.8 Å². The lowest BCUT2D eigenvalue weighted by atomic mass is 9.81. The summed E-state index contributed by atoms with van der Waals surface area (Å²) >= 11 is 1.07. The number of H-pyrrole nitrogens is 1. The van der Waals surface area contributed by atoms with Crippen LogP contribution in [0.2, 0.25) is 0 Å². The highest BCUT2D eigenvalue weighted by Gasteiger charge is 2.36. The molecule has 10 heteroatoms. The number of thiophene rings is 1. The molecule has 6 nitrogen and oxygen atoms in total. The zero-order valence-electron chi connectivity index (χ0n) is 22.6. The fraction of sp³-hybridized carbons (Fsp3) is 0.323. The second kappa shape index (κ2) is 10.8. The number of aryl methyl sites for hydroxylation is 1. The number of hydrogen-bond acceptors (Lipinski definition) is 6. The van der Waals surface area contributed by atoms with E-state index in [1.165, 1.54) is 23.0 Å². The number of alkyl halides is 3. The lowest BCUT2D eigenvalue weighted by Gasteiger charge is -2.43. The molecule has 0 radical (unpaired) electrons. The number of likely N-dealkylation sites (tertiary alicyclic amines) is 1. The van der Waals surface area contributed by atoms with E-state index in [1.807, 2.05) is 30.3 Å². The molecule has 5 aromatic rings. The fourth-order valence-electron chi connectivity index (χ4n) is 5.88. The van der Waals surface area contributed by atoms with Crippen molar-refractivity contribution in [1.82, 2.24) is 19.9 Å². The third-order valence-electron chi connectivity index (χ3n) is 8.04. The maximum atomic E-state index is 13.1. The van der Waals surface area contributed by atoms with E-state index in [-0.39, 0.29) is 10.4 Å². The predicted octanol–water partition coefficient (Wildman–Crippen LogP) is 7.15. The van der Waals surface area contributed by atoms with Crippen LogP contribution in [0.5, 0.6) is 0 Å². The Morgan fingerprint density at radius 1 is 1.07 bits per heavy atom. The third kappa shape index (κ3) is 5.92. The Hall–Kier alpha value is -3.94. The topological polar surface area (TPSA) is 80.6 Å². The van der Waals surface area contributed by atoms with E-state index in [0.29, 0.717) is 21.7 Å². The average molecular weight is 575 g/mol. The normalized spacial score (nSPS) is 15.8. The monoisotopic (exact) mass is 574 g/mol. The standard InChI is InChI=1S/C31H29F3N6S/c1-20-22(7-8-27-25(20)13-23(17-35)38-27)18-40-11-9-30(10-12-40,15-21-5-3-2-4-6-21)39-28-26-14-24(16-31(32,33)34)41-29(26)37-19-36-28/h2-8,13-14,19,38H,9-12,15-16,18H2,1H3,(H,36,37,39). The molecule has 2 aromatic carbocycles. The summed E-state index contributed by atoms with van der Waals surface area (Å²) in [6, 6.07) is 20.1. The van der Waals surface area contributed by atoms with Crippen LogP contribution in [0.4, 0.5) is 19.0 Å². The van der Waals surface area contributed by atoms with E-state index in [1.54, 1.807) is 6.07 Å². The third-order valence-corrected chi connectivity index (χ3v) is 9.08. The van der Waals surface area contributed by atoms with Crippen molar-refractivity contribution in [2.24, 2.45) is 0 Å². The van der Waals surface area contributed by atoms with Crippen LogP contribution < -0.4 is 5.32 Å². The van der Waals surface area contributed by atoms with Crippen molar-refractivity contribution in [2.45, 2.75) is 50.9 Å². The minimum Gasteiger partial charge on any atom is -0.364 e. The van der Waals surface area contributed by atoms with E-state index >= 15 is 0 Å². The summed E-state index contributed by atoms with van der Waals surface area (Å²) in [5, 5.41) is 14.7. The molecule has 1 saturated heterocycles. The Bertz CT molecular complexity index is 1730. The highest BCUT2D eigenvalue weighted by atomic mass is 32.1. The molecule has 0 aliphatic carbocycles. The molecular weight excluding hydrogens is 545 g/mol. The van der Waals surface area contributed by atoms with E-state index in [4.69, 9.17) is 0 Å². The SMILES string of the molecule is Cc1c(CN2CCC(Cc3ccccc3)(Nc3ncnc4sc(CC(F)(F)F)cc34)CC2)ccc2[nH]c(C#N)cc12. The summed E-state index contributed by atoms with van der Waals surface area (Å²) < 4.78 is 39.3. The Labute approximate surface area is 239 Å². The van der Waals surface area contributed by atoms with Crippen LogP contribution >= 0.6 is 11.3 Å². The number of nitrogens with one attached hydrogen (secondary N) is 2. The minimum absolute atomic E-state index is 0.236. The van der Waals surface area contributed by atoms with Crippen LogP contribution in [0, 0.1) is 18.3 Å².